The van der Waals surface area contributed by atoms with Gasteiger partial charge in [-0.1, -0.05) is 64.1 Å². The Balaban J connectivity index is 0.654. The molecule has 5 atom stereocenters. The number of hydrogen-bond donors (Lipinski definition) is 15. The Labute approximate surface area is 560 Å². The minimum absolute atomic E-state index is 0.0105. The number of aromatic nitrogens is 6. The van der Waals surface area contributed by atoms with Crippen molar-refractivity contribution in [3.63, 3.8) is 0 Å². The number of para-hydroxylation sites is 1. The number of ether oxygens (including phenoxy) is 1. The molecule has 9 aromatic rings. The molecule has 0 bridgehead atoms. The van der Waals surface area contributed by atoms with E-state index in [-0.39, 0.29) is 88.9 Å². The molecular weight excluding hydrogens is 1320 g/mol. The van der Waals surface area contributed by atoms with Crippen LogP contribution in [0.4, 0.5) is 27.8 Å². The lowest BCUT2D eigenvalue weighted by Crippen LogP contribution is -2.57. The molecule has 5 unspecified atom stereocenters. The number of nitrogens with zero attached hydrogens (tertiary/aromatic N) is 4. The molecule has 7 amide bonds. The second-order valence-corrected chi connectivity index (χ2v) is 25.0. The molecule has 4 aromatic heterocycles. The monoisotopic (exact) mass is 1380 g/mol. The fraction of sp³-hybridized carbons (Fsp3) is 0.238. The minimum atomic E-state index is -1.83. The first-order valence-electron chi connectivity index (χ1n) is 29.7. The number of fused-ring (bicyclic) bond motifs is 6. The van der Waals surface area contributed by atoms with Crippen molar-refractivity contribution in [3.05, 3.63) is 154 Å². The Kier molecular flexibility index (Phi) is 21.8. The topological polar surface area (TPSA) is 483 Å². The standard InChI is InChI=1S/C63H61ClN16O15S2/c64-24-33-28-80(59(89)45-21-32-19-35(13-14-41(32)74-45)72-56(86)43-20-31-5-1-4-8-40(31)73-43)47-23-48(37-6-2-3-7-38(37)51(33)47)95-63(94)67-17-18-96-97-29-46(61(92)93)77-57(87)44(22-50(82)83)76-55(85)39(65)27-69-49(81)16-15-42(60(90)91)75-54(84)30-9-11-34(12-10-30)68-25-36-26-70-53-52(71-36)58(88)79-62(66)78-53/h1-14,19-21,23,26,33,39,42,44,46,68,73-74H,15-18,22,24-25,27-29,65H2,(H,67,94)(H,69,81)(H,72,86)(H,75,84)(H,76,85)(H,77,87)(H,82,83)(H,90,91)(H,92,93)(H3,66,70,78,79,88). The first-order valence-corrected chi connectivity index (χ1v) is 32.7. The Morgan fingerprint density at radius 2 is 1.43 bits per heavy atom. The van der Waals surface area contributed by atoms with Gasteiger partial charge in [0.2, 0.25) is 23.7 Å². The molecule has 10 rings (SSSR count). The maximum Gasteiger partial charge on any atom is 0.412 e. The number of halogens is 1. The van der Waals surface area contributed by atoms with E-state index in [1.807, 2.05) is 36.4 Å². The van der Waals surface area contributed by atoms with E-state index in [4.69, 9.17) is 27.8 Å². The van der Waals surface area contributed by atoms with Crippen LogP contribution in [0.1, 0.15) is 67.8 Å². The highest BCUT2D eigenvalue weighted by Crippen LogP contribution is 2.46. The van der Waals surface area contributed by atoms with Crippen molar-refractivity contribution in [1.29, 1.82) is 0 Å². The SMILES string of the molecule is Nc1nc2ncc(CNc3ccc(C(=O)NC(CCC(=O)NCC(N)C(=O)NC(CC(=O)O)C(=O)NC(CSSCCNC(=O)Oc4cc5c(c6ccccc46)C(CCl)CN5C(=O)c4cc5cc(NC(=O)c6cc7ccccc7[nH]6)ccc5[nH]4)C(=O)O)C(=O)O)cc3)nc2c(=O)[nH]1. The maximum absolute atomic E-state index is 14.4. The van der Waals surface area contributed by atoms with Crippen LogP contribution in [-0.4, -0.2) is 166 Å². The number of alkyl halides is 1. The van der Waals surface area contributed by atoms with E-state index in [1.165, 1.54) is 30.5 Å². The summed E-state index contributed by atoms with van der Waals surface area (Å²) in [4.78, 5) is 164. The first-order chi connectivity index (χ1) is 46.6. The first kappa shape index (κ1) is 68.6. The van der Waals surface area contributed by atoms with Gasteiger partial charge in [-0.15, -0.1) is 11.6 Å². The van der Waals surface area contributed by atoms with Gasteiger partial charge in [0.25, 0.3) is 23.3 Å². The number of carboxylic acid groups (broad SMARTS) is 3. The lowest BCUT2D eigenvalue weighted by molar-refractivity contribution is -0.143. The third-order valence-corrected chi connectivity index (χ3v) is 18.1. The molecule has 0 saturated carbocycles. The number of carboxylic acids is 3. The number of benzene rings is 5. The van der Waals surface area contributed by atoms with Crippen molar-refractivity contribution in [2.75, 3.05) is 58.3 Å². The van der Waals surface area contributed by atoms with Crippen LogP contribution in [0, 0.1) is 0 Å². The number of aromatic amines is 3. The van der Waals surface area contributed by atoms with Crippen LogP contribution in [0.15, 0.2) is 120 Å². The second kappa shape index (κ2) is 30.9. The number of nitrogen functional groups attached to an aromatic ring is 1. The molecule has 17 N–H and O–H groups in total. The minimum Gasteiger partial charge on any atom is -0.481 e. The smallest absolute Gasteiger partial charge is 0.412 e. The van der Waals surface area contributed by atoms with Crippen LogP contribution < -0.4 is 63.9 Å². The molecule has 97 heavy (non-hydrogen) atoms. The highest BCUT2D eigenvalue weighted by Gasteiger charge is 2.37. The van der Waals surface area contributed by atoms with Gasteiger partial charge in [-0.2, -0.15) is 4.98 Å². The number of aliphatic carboxylic acids is 3. The van der Waals surface area contributed by atoms with Gasteiger partial charge in [0.1, 0.15) is 41.3 Å². The summed E-state index contributed by atoms with van der Waals surface area (Å²) in [5.41, 5.74) is 15.9. The molecule has 0 aliphatic carbocycles. The Morgan fingerprint density at radius 3 is 2.18 bits per heavy atom. The average molecular weight is 1380 g/mol. The molecule has 34 heteroatoms. The number of nitrogens with two attached hydrogens (primary N) is 2. The van der Waals surface area contributed by atoms with Gasteiger partial charge in [-0.05, 0) is 78.0 Å². The van der Waals surface area contributed by atoms with Crippen molar-refractivity contribution in [2.45, 2.75) is 55.9 Å². The zero-order valence-electron chi connectivity index (χ0n) is 50.8. The molecule has 5 aromatic carbocycles. The average Bonchev–Trinajstić information content (AvgIpc) is 1.61. The molecule has 0 spiro atoms. The van der Waals surface area contributed by atoms with Crippen molar-refractivity contribution < 1.29 is 68.0 Å². The second-order valence-electron chi connectivity index (χ2n) is 22.0. The van der Waals surface area contributed by atoms with Crippen molar-refractivity contribution in [3.8, 4) is 5.75 Å². The molecule has 1 aliphatic heterocycles. The molecular formula is C63H61ClN16O15S2. The van der Waals surface area contributed by atoms with Gasteiger partial charge in [-0.3, -0.25) is 43.3 Å². The van der Waals surface area contributed by atoms with Gasteiger partial charge >= 0.3 is 24.0 Å². The molecule has 0 fully saturated rings. The maximum atomic E-state index is 14.4. The van der Waals surface area contributed by atoms with Crippen LogP contribution in [-0.2, 0) is 35.3 Å². The van der Waals surface area contributed by atoms with E-state index in [0.29, 0.717) is 44.7 Å². The third kappa shape index (κ3) is 17.0. The molecule has 502 valence electrons. The van der Waals surface area contributed by atoms with Crippen LogP contribution in [0.25, 0.3) is 43.7 Å². The number of nitrogens with one attached hydrogen (secondary N) is 10. The fourth-order valence-electron chi connectivity index (χ4n) is 10.5. The predicted molar refractivity (Wildman–Crippen MR) is 362 cm³/mol. The summed E-state index contributed by atoms with van der Waals surface area (Å²) < 4.78 is 5.86. The quantitative estimate of drug-likeness (QED) is 0.0176. The summed E-state index contributed by atoms with van der Waals surface area (Å²) in [7, 11) is 2.13. The number of hydrogen-bond acceptors (Lipinski definition) is 20. The zero-order valence-corrected chi connectivity index (χ0v) is 53.2. The summed E-state index contributed by atoms with van der Waals surface area (Å²) >= 11 is 6.54. The van der Waals surface area contributed by atoms with Crippen LogP contribution >= 0.6 is 33.2 Å². The van der Waals surface area contributed by atoms with Gasteiger partial charge in [0, 0.05) is 99.6 Å². The van der Waals surface area contributed by atoms with E-state index in [2.05, 4.69) is 67.1 Å². The van der Waals surface area contributed by atoms with Crippen LogP contribution in [0.5, 0.6) is 5.75 Å². The van der Waals surface area contributed by atoms with E-state index >= 15 is 0 Å². The number of rotatable bonds is 29. The predicted octanol–water partition coefficient (Wildman–Crippen LogP) is 4.36. The van der Waals surface area contributed by atoms with Crippen molar-refractivity contribution >= 4 is 159 Å². The summed E-state index contributed by atoms with van der Waals surface area (Å²) in [5, 5.41) is 49.9. The lowest BCUT2D eigenvalue weighted by atomic mass is 9.95. The molecule has 31 nitrogen and oxygen atoms in total. The van der Waals surface area contributed by atoms with E-state index in [0.717, 1.165) is 43.4 Å². The van der Waals surface area contributed by atoms with Crippen molar-refractivity contribution in [2.24, 2.45) is 5.73 Å². The van der Waals surface area contributed by atoms with Gasteiger partial charge in [0.05, 0.1) is 30.5 Å². The molecule has 1 aliphatic rings. The third-order valence-electron chi connectivity index (χ3n) is 15.3. The van der Waals surface area contributed by atoms with E-state index in [1.54, 1.807) is 53.4 Å². The zero-order chi connectivity index (χ0) is 69.0. The van der Waals surface area contributed by atoms with E-state index in [9.17, 15) is 68.1 Å². The largest absolute Gasteiger partial charge is 0.481 e. The number of H-pyrrole nitrogens is 3. The molecule has 0 radical (unpaired) electrons. The number of carbonyl (C=O) groups excluding carboxylic acids is 7. The van der Waals surface area contributed by atoms with Gasteiger partial charge in [-0.25, -0.2) is 24.4 Å². The van der Waals surface area contributed by atoms with Gasteiger partial charge in [0.15, 0.2) is 11.2 Å². The Hall–Kier alpha value is -11.3. The number of anilines is 4. The highest BCUT2D eigenvalue weighted by atomic mass is 35.5. The van der Waals surface area contributed by atoms with Crippen LogP contribution in [0.2, 0.25) is 0 Å². The Morgan fingerprint density at radius 1 is 0.732 bits per heavy atom. The normalized spacial score (nSPS) is 13.8. The summed E-state index contributed by atoms with van der Waals surface area (Å²) in [6, 6.07) is 24.4. The lowest BCUT2D eigenvalue weighted by Gasteiger charge is -2.22. The Bertz CT molecular complexity index is 4600. The highest BCUT2D eigenvalue weighted by molar-refractivity contribution is 8.76. The van der Waals surface area contributed by atoms with Crippen molar-refractivity contribution in [1.82, 2.24) is 56.5 Å². The number of carbonyl (C=O) groups is 10. The number of amides is 7. The molecule has 5 heterocycles. The fourth-order valence-corrected chi connectivity index (χ4v) is 12.8. The van der Waals surface area contributed by atoms with Gasteiger partial charge < -0.3 is 83.6 Å². The summed E-state index contributed by atoms with van der Waals surface area (Å²) in [5.74, 6) is -9.14. The van der Waals surface area contributed by atoms with E-state index < -0.39 is 103 Å². The summed E-state index contributed by atoms with van der Waals surface area (Å²) in [6.45, 7) is -0.185. The summed E-state index contributed by atoms with van der Waals surface area (Å²) in [6.07, 6.45) is -1.29. The van der Waals surface area contributed by atoms with Crippen LogP contribution in [0.3, 0.4) is 0 Å². The molecule has 0 saturated heterocycles.